The van der Waals surface area contributed by atoms with Gasteiger partial charge in [-0.3, -0.25) is 0 Å². The van der Waals surface area contributed by atoms with Gasteiger partial charge >= 0.3 is 0 Å². The van der Waals surface area contributed by atoms with Crippen molar-refractivity contribution < 1.29 is 8.78 Å². The molecule has 0 amide bonds. The maximum absolute atomic E-state index is 13.2. The Morgan fingerprint density at radius 1 is 0.789 bits per heavy atom. The zero-order valence-electron chi connectivity index (χ0n) is 10.8. The fourth-order valence-electron chi connectivity index (χ4n) is 1.91. The molecule has 0 radical (unpaired) electrons. The molecule has 3 heteroatoms. The van der Waals surface area contributed by atoms with Crippen LogP contribution in [0.25, 0.3) is 0 Å². The highest BCUT2D eigenvalue weighted by atomic mass is 35.5. The Kier molecular flexibility index (Phi) is 4.20. The number of alkyl halides is 1. The van der Waals surface area contributed by atoms with E-state index in [0.717, 1.165) is 17.7 Å². The molecular weight excluding hydrogens is 266 g/mol. The molecule has 0 saturated carbocycles. The van der Waals surface area contributed by atoms with Gasteiger partial charge in [-0.2, -0.15) is 0 Å². The normalized spacial score (nSPS) is 12.7. The monoisotopic (exact) mass is 280 g/mol. The smallest absolute Gasteiger partial charge is 0.159 e. The van der Waals surface area contributed by atoms with Crippen LogP contribution in [0.5, 0.6) is 0 Å². The zero-order valence-corrected chi connectivity index (χ0v) is 11.6. The molecule has 0 aliphatic rings. The Balaban J connectivity index is 2.27. The van der Waals surface area contributed by atoms with Crippen LogP contribution in [0.4, 0.5) is 8.78 Å². The molecule has 0 aliphatic carbocycles. The highest BCUT2D eigenvalue weighted by Crippen LogP contribution is 2.30. The first kappa shape index (κ1) is 14.0. The van der Waals surface area contributed by atoms with E-state index in [1.165, 1.54) is 11.6 Å². The zero-order chi connectivity index (χ0) is 14.0. The van der Waals surface area contributed by atoms with Crippen molar-refractivity contribution in [3.05, 3.63) is 70.8 Å². The van der Waals surface area contributed by atoms with Gasteiger partial charge in [-0.1, -0.05) is 44.2 Å². The molecule has 2 aromatic carbocycles. The van der Waals surface area contributed by atoms with E-state index in [2.05, 4.69) is 13.8 Å². The Labute approximate surface area is 117 Å². The predicted molar refractivity (Wildman–Crippen MR) is 74.6 cm³/mol. The van der Waals surface area contributed by atoms with Crippen LogP contribution in [0, 0.1) is 11.6 Å². The molecule has 0 saturated heterocycles. The van der Waals surface area contributed by atoms with Crippen molar-refractivity contribution in [2.24, 2.45) is 0 Å². The molecule has 0 aliphatic heterocycles. The largest absolute Gasteiger partial charge is 0.204 e. The van der Waals surface area contributed by atoms with Crippen molar-refractivity contribution in [3.63, 3.8) is 0 Å². The summed E-state index contributed by atoms with van der Waals surface area (Å²) in [6, 6.07) is 11.6. The van der Waals surface area contributed by atoms with Gasteiger partial charge in [-0.25, -0.2) is 8.78 Å². The Hall–Kier alpha value is -1.41. The van der Waals surface area contributed by atoms with Gasteiger partial charge in [-0.15, -0.1) is 11.6 Å². The molecule has 0 nitrogen and oxygen atoms in total. The van der Waals surface area contributed by atoms with Crippen molar-refractivity contribution in [2.45, 2.75) is 25.1 Å². The van der Waals surface area contributed by atoms with Crippen molar-refractivity contribution >= 4 is 11.6 Å². The maximum Gasteiger partial charge on any atom is 0.159 e. The van der Waals surface area contributed by atoms with E-state index in [4.69, 9.17) is 11.6 Å². The summed E-state index contributed by atoms with van der Waals surface area (Å²) < 4.78 is 26.1. The van der Waals surface area contributed by atoms with Crippen molar-refractivity contribution in [1.29, 1.82) is 0 Å². The Morgan fingerprint density at radius 3 is 1.84 bits per heavy atom. The van der Waals surface area contributed by atoms with Gasteiger partial charge in [0, 0.05) is 0 Å². The standard InChI is InChI=1S/C16H15ClF2/c1-10(2)11-3-5-12(6-4-11)16(17)13-7-8-14(18)15(19)9-13/h3-10,16H,1-2H3. The second-order valence-corrected chi connectivity index (χ2v) is 5.29. The first-order chi connectivity index (χ1) is 8.99. The number of hydrogen-bond donors (Lipinski definition) is 0. The fourth-order valence-corrected chi connectivity index (χ4v) is 2.19. The summed E-state index contributed by atoms with van der Waals surface area (Å²) >= 11 is 6.30. The lowest BCUT2D eigenvalue weighted by Crippen LogP contribution is -1.96. The van der Waals surface area contributed by atoms with E-state index >= 15 is 0 Å². The molecule has 0 aromatic heterocycles. The van der Waals surface area contributed by atoms with E-state index < -0.39 is 17.0 Å². The molecule has 0 fully saturated rings. The van der Waals surface area contributed by atoms with Crippen LogP contribution in [0.3, 0.4) is 0 Å². The molecule has 100 valence electrons. The Morgan fingerprint density at radius 2 is 1.32 bits per heavy atom. The van der Waals surface area contributed by atoms with Crippen LogP contribution in [0.15, 0.2) is 42.5 Å². The van der Waals surface area contributed by atoms with Crippen LogP contribution in [-0.4, -0.2) is 0 Å². The van der Waals surface area contributed by atoms with E-state index in [9.17, 15) is 8.78 Å². The molecule has 1 unspecified atom stereocenters. The highest BCUT2D eigenvalue weighted by Gasteiger charge is 2.13. The first-order valence-corrected chi connectivity index (χ1v) is 6.61. The molecule has 0 heterocycles. The minimum atomic E-state index is -0.873. The molecule has 1 atom stereocenters. The maximum atomic E-state index is 13.2. The van der Waals surface area contributed by atoms with E-state index in [-0.39, 0.29) is 0 Å². The van der Waals surface area contributed by atoms with E-state index in [1.54, 1.807) is 0 Å². The number of halogens is 3. The topological polar surface area (TPSA) is 0 Å². The van der Waals surface area contributed by atoms with Gasteiger partial charge in [-0.05, 0) is 34.7 Å². The Bertz CT molecular complexity index is 561. The summed E-state index contributed by atoms with van der Waals surface area (Å²) in [5, 5.41) is -0.476. The van der Waals surface area contributed by atoms with E-state index in [0.29, 0.717) is 11.5 Å². The van der Waals surface area contributed by atoms with Gasteiger partial charge in [0.15, 0.2) is 11.6 Å². The summed E-state index contributed by atoms with van der Waals surface area (Å²) in [7, 11) is 0. The van der Waals surface area contributed by atoms with Crippen LogP contribution in [-0.2, 0) is 0 Å². The summed E-state index contributed by atoms with van der Waals surface area (Å²) in [5.41, 5.74) is 2.65. The van der Waals surface area contributed by atoms with Gasteiger partial charge in [0.2, 0.25) is 0 Å². The lowest BCUT2D eigenvalue weighted by Gasteiger charge is -2.12. The second-order valence-electron chi connectivity index (χ2n) is 4.86. The van der Waals surface area contributed by atoms with Crippen molar-refractivity contribution in [2.75, 3.05) is 0 Å². The van der Waals surface area contributed by atoms with Gasteiger partial charge in [0.1, 0.15) is 0 Å². The summed E-state index contributed by atoms with van der Waals surface area (Å²) in [4.78, 5) is 0. The molecule has 0 N–H and O–H groups in total. The van der Waals surface area contributed by atoms with Crippen LogP contribution >= 0.6 is 11.6 Å². The lowest BCUT2D eigenvalue weighted by molar-refractivity contribution is 0.507. The SMILES string of the molecule is CC(C)c1ccc(C(Cl)c2ccc(F)c(F)c2)cc1. The summed E-state index contributed by atoms with van der Waals surface area (Å²) in [5.74, 6) is -1.28. The van der Waals surface area contributed by atoms with Gasteiger partial charge in [0.25, 0.3) is 0 Å². The minimum Gasteiger partial charge on any atom is -0.204 e. The van der Waals surface area contributed by atoms with E-state index in [1.807, 2.05) is 24.3 Å². The van der Waals surface area contributed by atoms with Crippen LogP contribution < -0.4 is 0 Å². The average molecular weight is 281 g/mol. The van der Waals surface area contributed by atoms with Crippen molar-refractivity contribution in [1.82, 2.24) is 0 Å². The molecular formula is C16H15ClF2. The number of benzene rings is 2. The average Bonchev–Trinajstić information content (AvgIpc) is 2.41. The minimum absolute atomic E-state index is 0.450. The predicted octanol–water partition coefficient (Wildman–Crippen LogP) is 5.42. The lowest BCUT2D eigenvalue weighted by atomic mass is 9.98. The summed E-state index contributed by atoms with van der Waals surface area (Å²) in [6.07, 6.45) is 0. The first-order valence-electron chi connectivity index (χ1n) is 6.18. The quantitative estimate of drug-likeness (QED) is 0.659. The third-order valence-electron chi connectivity index (χ3n) is 3.13. The molecule has 2 rings (SSSR count). The van der Waals surface area contributed by atoms with Crippen LogP contribution in [0.1, 0.15) is 41.8 Å². The molecule has 19 heavy (non-hydrogen) atoms. The van der Waals surface area contributed by atoms with Gasteiger partial charge < -0.3 is 0 Å². The number of rotatable bonds is 3. The highest BCUT2D eigenvalue weighted by molar-refractivity contribution is 6.22. The number of hydrogen-bond acceptors (Lipinski definition) is 0. The van der Waals surface area contributed by atoms with Crippen molar-refractivity contribution in [3.8, 4) is 0 Å². The third kappa shape index (κ3) is 3.13. The summed E-state index contributed by atoms with van der Waals surface area (Å²) in [6.45, 7) is 4.23. The van der Waals surface area contributed by atoms with Gasteiger partial charge in [0.05, 0.1) is 5.38 Å². The molecule has 0 bridgehead atoms. The molecule has 2 aromatic rings. The fraction of sp³-hybridized carbons (Fsp3) is 0.250. The van der Waals surface area contributed by atoms with Crippen LogP contribution in [0.2, 0.25) is 0 Å². The third-order valence-corrected chi connectivity index (χ3v) is 3.64. The second kappa shape index (κ2) is 5.70. The molecule has 0 spiro atoms.